The average Bonchev–Trinajstić information content (AvgIpc) is 3.19. The van der Waals surface area contributed by atoms with Gasteiger partial charge in [-0.3, -0.25) is 4.99 Å². The van der Waals surface area contributed by atoms with Crippen LogP contribution in [0, 0.1) is 0 Å². The van der Waals surface area contributed by atoms with Gasteiger partial charge in [-0.1, -0.05) is 30.3 Å². The first-order valence-electron chi connectivity index (χ1n) is 9.05. The van der Waals surface area contributed by atoms with Crippen molar-refractivity contribution in [1.82, 2.24) is 10.6 Å². The zero-order valence-electron chi connectivity index (χ0n) is 15.9. The number of guanidine groups is 1. The smallest absolute Gasteiger partial charge is 0.190 e. The summed E-state index contributed by atoms with van der Waals surface area (Å²) in [5.74, 6) is 1.76. The van der Waals surface area contributed by atoms with Gasteiger partial charge in [0.15, 0.2) is 5.96 Å². The molecule has 150 valence electrons. The van der Waals surface area contributed by atoms with Crippen molar-refractivity contribution in [3.63, 3.8) is 0 Å². The zero-order valence-corrected chi connectivity index (χ0v) is 18.2. The molecule has 0 spiro atoms. The van der Waals surface area contributed by atoms with E-state index in [9.17, 15) is 0 Å². The number of halogens is 1. The predicted octanol–water partition coefficient (Wildman–Crippen LogP) is 3.23. The molecule has 0 saturated carbocycles. The van der Waals surface area contributed by atoms with Crippen molar-refractivity contribution in [2.75, 3.05) is 40.0 Å². The Kier molecular flexibility index (Phi) is 13.4. The highest BCUT2D eigenvalue weighted by molar-refractivity contribution is 14.0. The number of aliphatic imine (C=N–C) groups is 1. The van der Waals surface area contributed by atoms with Crippen LogP contribution in [0.2, 0.25) is 0 Å². The van der Waals surface area contributed by atoms with E-state index in [0.29, 0.717) is 26.4 Å². The molecule has 6 nitrogen and oxygen atoms in total. The lowest BCUT2D eigenvalue weighted by molar-refractivity contribution is 0.0401. The molecule has 0 unspecified atom stereocenters. The van der Waals surface area contributed by atoms with E-state index in [-0.39, 0.29) is 24.0 Å². The molecule has 0 aliphatic carbocycles. The number of hydrogen-bond acceptors (Lipinski definition) is 4. The predicted molar refractivity (Wildman–Crippen MR) is 119 cm³/mol. The van der Waals surface area contributed by atoms with Crippen molar-refractivity contribution >= 4 is 29.9 Å². The maximum Gasteiger partial charge on any atom is 0.190 e. The van der Waals surface area contributed by atoms with Crippen molar-refractivity contribution < 1.29 is 13.9 Å². The quantitative estimate of drug-likeness (QED) is 0.208. The number of hydrogen-bond donors (Lipinski definition) is 2. The molecule has 2 rings (SSSR count). The summed E-state index contributed by atoms with van der Waals surface area (Å²) >= 11 is 0. The molecule has 27 heavy (non-hydrogen) atoms. The Bertz CT molecular complexity index is 606. The topological polar surface area (TPSA) is 68.0 Å². The van der Waals surface area contributed by atoms with Crippen molar-refractivity contribution in [3.05, 3.63) is 60.1 Å². The summed E-state index contributed by atoms with van der Waals surface area (Å²) < 4.78 is 16.5. The number of furan rings is 1. The molecular formula is C20H30IN3O3. The molecule has 0 aliphatic rings. The van der Waals surface area contributed by atoms with E-state index in [2.05, 4.69) is 27.8 Å². The van der Waals surface area contributed by atoms with Gasteiger partial charge in [-0.2, -0.15) is 0 Å². The molecule has 0 saturated heterocycles. The molecule has 0 aliphatic heterocycles. The summed E-state index contributed by atoms with van der Waals surface area (Å²) in [5.41, 5.74) is 1.18. The highest BCUT2D eigenvalue weighted by atomic mass is 127. The highest BCUT2D eigenvalue weighted by Crippen LogP contribution is 2.00. The summed E-state index contributed by atoms with van der Waals surface area (Å²) in [6, 6.07) is 14.0. The van der Waals surface area contributed by atoms with Crippen LogP contribution < -0.4 is 10.6 Å². The largest absolute Gasteiger partial charge is 0.469 e. The number of ether oxygens (including phenoxy) is 2. The van der Waals surface area contributed by atoms with Crippen molar-refractivity contribution in [3.8, 4) is 0 Å². The average molecular weight is 487 g/mol. The minimum Gasteiger partial charge on any atom is -0.469 e. The first-order chi connectivity index (χ1) is 12.9. The maximum atomic E-state index is 5.58. The highest BCUT2D eigenvalue weighted by Gasteiger charge is 1.99. The van der Waals surface area contributed by atoms with E-state index in [1.165, 1.54) is 5.56 Å². The third kappa shape index (κ3) is 11.0. The van der Waals surface area contributed by atoms with Gasteiger partial charge in [0, 0.05) is 33.2 Å². The Balaban J connectivity index is 0.00000364. The molecular weight excluding hydrogens is 457 g/mol. The molecule has 7 heteroatoms. The van der Waals surface area contributed by atoms with Crippen molar-refractivity contribution in [2.45, 2.75) is 19.4 Å². The molecule has 0 amide bonds. The fourth-order valence-corrected chi connectivity index (χ4v) is 2.34. The third-order valence-corrected chi connectivity index (χ3v) is 3.71. The Hall–Kier alpha value is -1.58. The van der Waals surface area contributed by atoms with Gasteiger partial charge in [-0.05, 0) is 24.1 Å². The first kappa shape index (κ1) is 23.5. The Morgan fingerprint density at radius 3 is 2.48 bits per heavy atom. The second-order valence-corrected chi connectivity index (χ2v) is 5.76. The van der Waals surface area contributed by atoms with Crippen LogP contribution in [0.25, 0.3) is 0 Å². The van der Waals surface area contributed by atoms with E-state index in [4.69, 9.17) is 13.9 Å². The normalized spacial score (nSPS) is 11.1. The van der Waals surface area contributed by atoms with Gasteiger partial charge in [0.2, 0.25) is 0 Å². The molecule has 2 N–H and O–H groups in total. The SMILES string of the molecule is CN=C(NCCCOCCOCc1ccccc1)NCCc1ccco1.I. The van der Waals surface area contributed by atoms with Crippen LogP contribution in [0.1, 0.15) is 17.7 Å². The molecule has 2 aromatic rings. The van der Waals surface area contributed by atoms with Gasteiger partial charge < -0.3 is 24.5 Å². The molecule has 1 aromatic carbocycles. The van der Waals surface area contributed by atoms with Gasteiger partial charge in [0.25, 0.3) is 0 Å². The molecule has 0 bridgehead atoms. The van der Waals surface area contributed by atoms with Crippen LogP contribution in [0.5, 0.6) is 0 Å². The van der Waals surface area contributed by atoms with Crippen LogP contribution in [-0.2, 0) is 22.5 Å². The van der Waals surface area contributed by atoms with Crippen molar-refractivity contribution in [1.29, 1.82) is 0 Å². The second-order valence-electron chi connectivity index (χ2n) is 5.76. The number of benzene rings is 1. The van der Waals surface area contributed by atoms with Gasteiger partial charge in [-0.25, -0.2) is 0 Å². The van der Waals surface area contributed by atoms with Crippen molar-refractivity contribution in [2.24, 2.45) is 4.99 Å². The van der Waals surface area contributed by atoms with Gasteiger partial charge in [-0.15, -0.1) is 24.0 Å². The van der Waals surface area contributed by atoms with Crippen LogP contribution in [0.4, 0.5) is 0 Å². The summed E-state index contributed by atoms with van der Waals surface area (Å²) in [4.78, 5) is 4.20. The Labute approximate surface area is 178 Å². The summed E-state index contributed by atoms with van der Waals surface area (Å²) in [7, 11) is 1.77. The summed E-state index contributed by atoms with van der Waals surface area (Å²) in [5, 5.41) is 6.53. The molecule has 1 aromatic heterocycles. The second kappa shape index (κ2) is 15.5. The van der Waals surface area contributed by atoms with Gasteiger partial charge >= 0.3 is 0 Å². The minimum absolute atomic E-state index is 0. The van der Waals surface area contributed by atoms with E-state index < -0.39 is 0 Å². The third-order valence-electron chi connectivity index (χ3n) is 3.71. The molecule has 0 radical (unpaired) electrons. The monoisotopic (exact) mass is 487 g/mol. The lowest BCUT2D eigenvalue weighted by Crippen LogP contribution is -2.39. The van der Waals surface area contributed by atoms with Gasteiger partial charge in [0.05, 0.1) is 26.1 Å². The summed E-state index contributed by atoms with van der Waals surface area (Å²) in [6.45, 7) is 4.14. The number of nitrogens with one attached hydrogen (secondary N) is 2. The first-order valence-corrected chi connectivity index (χ1v) is 9.05. The van der Waals surface area contributed by atoms with E-state index >= 15 is 0 Å². The fourth-order valence-electron chi connectivity index (χ4n) is 2.34. The van der Waals surface area contributed by atoms with Gasteiger partial charge in [0.1, 0.15) is 5.76 Å². The van der Waals surface area contributed by atoms with Crippen LogP contribution in [0.15, 0.2) is 58.1 Å². The minimum atomic E-state index is 0. The molecule has 1 heterocycles. The van der Waals surface area contributed by atoms with E-state index in [1.807, 2.05) is 30.3 Å². The molecule has 0 atom stereocenters. The lowest BCUT2D eigenvalue weighted by atomic mass is 10.2. The van der Waals surface area contributed by atoms with E-state index in [0.717, 1.165) is 37.7 Å². The van der Waals surface area contributed by atoms with Crippen LogP contribution >= 0.6 is 24.0 Å². The zero-order chi connectivity index (χ0) is 18.3. The Morgan fingerprint density at radius 2 is 1.74 bits per heavy atom. The van der Waals surface area contributed by atoms with Crippen LogP contribution in [-0.4, -0.2) is 45.9 Å². The standard InChI is InChI=1S/C20H29N3O3.HI/c1-21-20(23-12-10-19-9-5-14-26-19)22-11-6-13-24-15-16-25-17-18-7-3-2-4-8-18;/h2-5,7-9,14H,6,10-13,15-17H2,1H3,(H2,21,22,23);1H. The fraction of sp³-hybridized carbons (Fsp3) is 0.450. The maximum absolute atomic E-state index is 5.58. The summed E-state index contributed by atoms with van der Waals surface area (Å²) in [6.07, 6.45) is 3.44. The van der Waals surface area contributed by atoms with Crippen LogP contribution in [0.3, 0.4) is 0 Å². The molecule has 0 fully saturated rings. The lowest BCUT2D eigenvalue weighted by Gasteiger charge is -2.11. The Morgan fingerprint density at radius 1 is 0.963 bits per heavy atom. The number of nitrogens with zero attached hydrogens (tertiary/aromatic N) is 1. The number of rotatable bonds is 12. The van der Waals surface area contributed by atoms with E-state index in [1.54, 1.807) is 13.3 Å².